The summed E-state index contributed by atoms with van der Waals surface area (Å²) < 4.78 is 7.23. The maximum absolute atomic E-state index is 9.81. The van der Waals surface area contributed by atoms with E-state index in [2.05, 4.69) is 24.3 Å². The molecule has 0 radical (unpaired) electrons. The van der Waals surface area contributed by atoms with Crippen molar-refractivity contribution in [2.45, 2.75) is 62.9 Å². The number of benzene rings is 1. The van der Waals surface area contributed by atoms with E-state index in [0.717, 1.165) is 10.9 Å². The maximum atomic E-state index is 9.81. The highest BCUT2D eigenvalue weighted by molar-refractivity contribution is 5.80. The van der Waals surface area contributed by atoms with Crippen molar-refractivity contribution in [3.05, 3.63) is 36.0 Å². The van der Waals surface area contributed by atoms with E-state index in [4.69, 9.17) is 14.7 Å². The molecule has 2 aliphatic rings. The third kappa shape index (κ3) is 3.04. The van der Waals surface area contributed by atoms with E-state index in [1.54, 1.807) is 4.73 Å². The van der Waals surface area contributed by atoms with E-state index in [1.165, 1.54) is 37.7 Å². The quantitative estimate of drug-likeness (QED) is 0.904. The molecule has 5 nitrogen and oxygen atoms in total. The molecule has 2 heterocycles. The van der Waals surface area contributed by atoms with Crippen LogP contribution >= 0.6 is 0 Å². The fraction of sp³-hybridized carbons (Fsp3) is 0.579. The van der Waals surface area contributed by atoms with Gasteiger partial charge in [0.1, 0.15) is 6.10 Å². The number of rotatable bonds is 4. The SMILES string of the molecule is OC[C@H]1OC(On2ccc3cc(C4CCCCC4)ccc32)C[C@@H]1O. The second-order valence-corrected chi connectivity index (χ2v) is 6.99. The Morgan fingerprint density at radius 1 is 1.17 bits per heavy atom. The Morgan fingerprint density at radius 3 is 2.75 bits per heavy atom. The van der Waals surface area contributed by atoms with Gasteiger partial charge in [0.15, 0.2) is 0 Å². The van der Waals surface area contributed by atoms with E-state index >= 15 is 0 Å². The van der Waals surface area contributed by atoms with E-state index < -0.39 is 18.5 Å². The van der Waals surface area contributed by atoms with Crippen LogP contribution in [0.1, 0.15) is 50.0 Å². The van der Waals surface area contributed by atoms with Crippen LogP contribution in [0.5, 0.6) is 0 Å². The van der Waals surface area contributed by atoms with Crippen molar-refractivity contribution in [3.8, 4) is 0 Å². The van der Waals surface area contributed by atoms with Crippen LogP contribution in [0.4, 0.5) is 0 Å². The van der Waals surface area contributed by atoms with Gasteiger partial charge in [-0.05, 0) is 42.5 Å². The average molecular weight is 331 g/mol. The summed E-state index contributed by atoms with van der Waals surface area (Å²) in [7, 11) is 0. The molecule has 130 valence electrons. The first-order valence-corrected chi connectivity index (χ1v) is 8.97. The van der Waals surface area contributed by atoms with Crippen molar-refractivity contribution in [1.82, 2.24) is 4.73 Å². The molecule has 2 aromatic rings. The van der Waals surface area contributed by atoms with E-state index in [1.807, 2.05) is 6.20 Å². The monoisotopic (exact) mass is 331 g/mol. The lowest BCUT2D eigenvalue weighted by Gasteiger charge is -2.22. The van der Waals surface area contributed by atoms with Crippen molar-refractivity contribution < 1.29 is 19.8 Å². The lowest BCUT2D eigenvalue weighted by atomic mass is 9.84. The summed E-state index contributed by atoms with van der Waals surface area (Å²) in [5, 5.41) is 20.1. The van der Waals surface area contributed by atoms with Crippen LogP contribution in [0.15, 0.2) is 30.5 Å². The van der Waals surface area contributed by atoms with Crippen LogP contribution in [-0.2, 0) is 4.74 Å². The Hall–Kier alpha value is -1.56. The van der Waals surface area contributed by atoms with E-state index in [9.17, 15) is 5.11 Å². The Bertz CT molecular complexity index is 692. The fourth-order valence-electron chi connectivity index (χ4n) is 3.97. The van der Waals surface area contributed by atoms with Gasteiger partial charge in [0, 0.05) is 18.0 Å². The first-order chi connectivity index (χ1) is 11.7. The molecular weight excluding hydrogens is 306 g/mol. The van der Waals surface area contributed by atoms with Gasteiger partial charge in [-0.25, -0.2) is 0 Å². The molecule has 5 heteroatoms. The van der Waals surface area contributed by atoms with Gasteiger partial charge in [0.05, 0.1) is 18.2 Å². The zero-order valence-corrected chi connectivity index (χ0v) is 13.8. The molecule has 24 heavy (non-hydrogen) atoms. The second-order valence-electron chi connectivity index (χ2n) is 6.99. The van der Waals surface area contributed by atoms with Crippen LogP contribution in [0.2, 0.25) is 0 Å². The Labute approximate surface area is 141 Å². The number of aliphatic hydroxyl groups is 2. The predicted octanol–water partition coefficient (Wildman–Crippen LogP) is 2.59. The van der Waals surface area contributed by atoms with Crippen molar-refractivity contribution in [2.75, 3.05) is 6.61 Å². The first-order valence-electron chi connectivity index (χ1n) is 8.97. The predicted molar refractivity (Wildman–Crippen MR) is 90.7 cm³/mol. The third-order valence-corrected chi connectivity index (χ3v) is 5.36. The molecule has 1 aromatic heterocycles. The number of fused-ring (bicyclic) bond motifs is 1. The van der Waals surface area contributed by atoms with Gasteiger partial charge in [0.2, 0.25) is 6.29 Å². The van der Waals surface area contributed by atoms with E-state index in [0.29, 0.717) is 12.3 Å². The van der Waals surface area contributed by atoms with Crippen molar-refractivity contribution in [2.24, 2.45) is 0 Å². The highest BCUT2D eigenvalue weighted by Crippen LogP contribution is 2.34. The van der Waals surface area contributed by atoms with Gasteiger partial charge in [-0.1, -0.05) is 25.3 Å². The molecule has 0 spiro atoms. The molecule has 1 aliphatic heterocycles. The molecule has 1 aliphatic carbocycles. The normalized spacial score (nSPS) is 28.5. The smallest absolute Gasteiger partial charge is 0.227 e. The molecule has 2 N–H and O–H groups in total. The number of hydrogen-bond donors (Lipinski definition) is 2. The minimum atomic E-state index is -0.681. The number of aliphatic hydroxyl groups excluding tert-OH is 2. The Morgan fingerprint density at radius 2 is 2.00 bits per heavy atom. The van der Waals surface area contributed by atoms with Crippen molar-refractivity contribution in [3.63, 3.8) is 0 Å². The molecule has 0 bridgehead atoms. The van der Waals surface area contributed by atoms with Crippen molar-refractivity contribution in [1.29, 1.82) is 0 Å². The summed E-state index contributed by atoms with van der Waals surface area (Å²) in [6, 6.07) is 8.63. The van der Waals surface area contributed by atoms with E-state index in [-0.39, 0.29) is 6.61 Å². The molecular formula is C19H25NO4. The molecule has 2 fully saturated rings. The highest BCUT2D eigenvalue weighted by atomic mass is 16.8. The van der Waals surface area contributed by atoms with Gasteiger partial charge in [0.25, 0.3) is 0 Å². The van der Waals surface area contributed by atoms with Crippen LogP contribution in [0, 0.1) is 0 Å². The largest absolute Gasteiger partial charge is 0.394 e. The van der Waals surface area contributed by atoms with Gasteiger partial charge in [-0.3, -0.25) is 0 Å². The molecule has 3 atom stereocenters. The third-order valence-electron chi connectivity index (χ3n) is 5.36. The lowest BCUT2D eigenvalue weighted by Crippen LogP contribution is -2.26. The Balaban J connectivity index is 1.51. The summed E-state index contributed by atoms with van der Waals surface area (Å²) >= 11 is 0. The fourth-order valence-corrected chi connectivity index (χ4v) is 3.97. The summed E-state index contributed by atoms with van der Waals surface area (Å²) in [6.45, 7) is -0.196. The Kier molecular flexibility index (Phi) is 4.48. The van der Waals surface area contributed by atoms with Crippen LogP contribution in [0.25, 0.3) is 10.9 Å². The summed E-state index contributed by atoms with van der Waals surface area (Å²) in [5.41, 5.74) is 2.42. The summed E-state index contributed by atoms with van der Waals surface area (Å²) in [5.74, 6) is 0.686. The zero-order chi connectivity index (χ0) is 16.5. The standard InChI is InChI=1S/C19H25NO4/c21-12-18-17(22)11-19(23-18)24-20-9-8-15-10-14(6-7-16(15)20)13-4-2-1-3-5-13/h6-10,13,17-19,21-22H,1-5,11-12H2/t17-,18+,19?/m0/s1. The number of nitrogens with zero attached hydrogens (tertiary/aromatic N) is 1. The molecule has 1 unspecified atom stereocenters. The maximum Gasteiger partial charge on any atom is 0.227 e. The minimum absolute atomic E-state index is 0.196. The lowest BCUT2D eigenvalue weighted by molar-refractivity contribution is -0.142. The molecule has 1 saturated carbocycles. The number of ether oxygens (including phenoxy) is 1. The van der Waals surface area contributed by atoms with Crippen LogP contribution < -0.4 is 4.84 Å². The zero-order valence-electron chi connectivity index (χ0n) is 13.8. The highest BCUT2D eigenvalue weighted by Gasteiger charge is 2.35. The number of aromatic nitrogens is 1. The van der Waals surface area contributed by atoms with Crippen molar-refractivity contribution >= 4 is 10.9 Å². The molecule has 4 rings (SSSR count). The molecule has 1 aromatic carbocycles. The van der Waals surface area contributed by atoms with Crippen LogP contribution in [-0.4, -0.2) is 40.0 Å². The number of hydrogen-bond acceptors (Lipinski definition) is 4. The topological polar surface area (TPSA) is 63.8 Å². The molecule has 0 amide bonds. The average Bonchev–Trinajstić information content (AvgIpc) is 3.18. The van der Waals surface area contributed by atoms with Gasteiger partial charge >= 0.3 is 0 Å². The first kappa shape index (κ1) is 15.9. The van der Waals surface area contributed by atoms with Gasteiger partial charge < -0.3 is 19.8 Å². The van der Waals surface area contributed by atoms with Gasteiger partial charge in [-0.2, -0.15) is 4.73 Å². The summed E-state index contributed by atoms with van der Waals surface area (Å²) in [6.07, 6.45) is 7.09. The minimum Gasteiger partial charge on any atom is -0.394 e. The van der Waals surface area contributed by atoms with Crippen LogP contribution in [0.3, 0.4) is 0 Å². The molecule has 1 saturated heterocycles. The second kappa shape index (κ2) is 6.75. The summed E-state index contributed by atoms with van der Waals surface area (Å²) in [4.78, 5) is 5.84. The van der Waals surface area contributed by atoms with Gasteiger partial charge in [-0.15, -0.1) is 0 Å².